The van der Waals surface area contributed by atoms with Gasteiger partial charge in [-0.1, -0.05) is 36.4 Å². The summed E-state index contributed by atoms with van der Waals surface area (Å²) in [6, 6.07) is 14.4. The van der Waals surface area contributed by atoms with E-state index in [1.54, 1.807) is 12.1 Å². The number of carbonyl (C=O) groups excluding carboxylic acids is 3. The molecule has 0 amide bonds. The number of rotatable bonds is 9. The van der Waals surface area contributed by atoms with Crippen molar-refractivity contribution in [3.8, 4) is 0 Å². The maximum Gasteiger partial charge on any atom is 0.338 e. The van der Waals surface area contributed by atoms with Gasteiger partial charge < -0.3 is 18.9 Å². The SMILES string of the molecule is [2H]C([2H])(OC(=O)c1ccccc1)C([2H])(OCOC(C)=O)C([2H])([2H])OC(=O)c1ccccc1. The zero-order valence-electron chi connectivity index (χ0n) is 19.3. The Bertz CT molecular complexity index is 886. The molecule has 0 N–H and O–H groups in total. The van der Waals surface area contributed by atoms with Crippen LogP contribution >= 0.6 is 0 Å². The average molecular weight is 377 g/mol. The second-order valence-electron chi connectivity index (χ2n) is 4.94. The molecule has 0 bridgehead atoms. The van der Waals surface area contributed by atoms with Gasteiger partial charge in [0.1, 0.15) is 19.2 Å². The molecule has 2 aromatic carbocycles. The van der Waals surface area contributed by atoms with Gasteiger partial charge in [-0.15, -0.1) is 0 Å². The molecular formula is C20H20O7. The lowest BCUT2D eigenvalue weighted by molar-refractivity contribution is -0.162. The molecule has 7 heteroatoms. The van der Waals surface area contributed by atoms with Gasteiger partial charge in [0.2, 0.25) is 0 Å². The van der Waals surface area contributed by atoms with Crippen LogP contribution in [0.1, 0.15) is 34.5 Å². The first-order chi connectivity index (χ1) is 14.9. The van der Waals surface area contributed by atoms with E-state index in [-0.39, 0.29) is 11.1 Å². The van der Waals surface area contributed by atoms with Crippen LogP contribution in [0.15, 0.2) is 60.7 Å². The Morgan fingerprint density at radius 3 is 1.70 bits per heavy atom. The highest BCUT2D eigenvalue weighted by Gasteiger charge is 2.17. The molecule has 0 aromatic heterocycles. The molecule has 0 heterocycles. The number of hydrogen-bond acceptors (Lipinski definition) is 7. The maximum atomic E-state index is 12.3. The Morgan fingerprint density at radius 2 is 1.30 bits per heavy atom. The van der Waals surface area contributed by atoms with E-state index in [0.717, 1.165) is 6.92 Å². The van der Waals surface area contributed by atoms with E-state index in [2.05, 4.69) is 4.74 Å². The van der Waals surface area contributed by atoms with E-state index in [1.807, 2.05) is 0 Å². The van der Waals surface area contributed by atoms with Crippen LogP contribution < -0.4 is 0 Å². The summed E-state index contributed by atoms with van der Waals surface area (Å²) in [6.07, 6.45) is -3.50. The molecule has 0 fully saturated rings. The van der Waals surface area contributed by atoms with Gasteiger partial charge in [-0.05, 0) is 24.3 Å². The molecule has 0 aliphatic rings. The molecule has 142 valence electrons. The van der Waals surface area contributed by atoms with Crippen LogP contribution in [0.2, 0.25) is 0 Å². The fraction of sp³-hybridized carbons (Fsp3) is 0.250. The van der Waals surface area contributed by atoms with E-state index in [1.165, 1.54) is 48.5 Å². The predicted octanol–water partition coefficient (Wildman–Crippen LogP) is 2.61. The molecule has 0 aliphatic heterocycles. The summed E-state index contributed by atoms with van der Waals surface area (Å²) in [5, 5.41) is 0. The molecule has 2 aromatic rings. The molecule has 2 rings (SSSR count). The van der Waals surface area contributed by atoms with Crippen molar-refractivity contribution in [3.63, 3.8) is 0 Å². The molecule has 0 spiro atoms. The number of hydrogen-bond donors (Lipinski definition) is 0. The summed E-state index contributed by atoms with van der Waals surface area (Å²) in [6.45, 7) is -7.10. The first-order valence-corrected chi connectivity index (χ1v) is 7.74. The van der Waals surface area contributed by atoms with Gasteiger partial charge >= 0.3 is 17.9 Å². The highest BCUT2D eigenvalue weighted by Crippen LogP contribution is 2.06. The zero-order chi connectivity index (χ0) is 24.0. The normalized spacial score (nSPS) is 14.5. The second kappa shape index (κ2) is 10.7. The van der Waals surface area contributed by atoms with E-state index >= 15 is 0 Å². The Kier molecular flexibility index (Phi) is 5.54. The van der Waals surface area contributed by atoms with Gasteiger partial charge in [-0.2, -0.15) is 0 Å². The topological polar surface area (TPSA) is 88.1 Å². The quantitative estimate of drug-likeness (QED) is 0.377. The monoisotopic (exact) mass is 377 g/mol. The fourth-order valence-electron chi connectivity index (χ4n) is 1.70. The van der Waals surface area contributed by atoms with Crippen molar-refractivity contribution in [1.29, 1.82) is 0 Å². The highest BCUT2D eigenvalue weighted by atomic mass is 16.7. The maximum absolute atomic E-state index is 12.3. The number of benzene rings is 2. The van der Waals surface area contributed by atoms with E-state index in [4.69, 9.17) is 21.1 Å². The number of carbonyl (C=O) groups is 3. The van der Waals surface area contributed by atoms with Gasteiger partial charge in [-0.25, -0.2) is 9.59 Å². The summed E-state index contributed by atoms with van der Waals surface area (Å²) in [5.74, 6) is -3.32. The fourth-order valence-corrected chi connectivity index (χ4v) is 1.70. The van der Waals surface area contributed by atoms with Gasteiger partial charge in [0.15, 0.2) is 6.79 Å². The third kappa shape index (κ3) is 7.29. The molecular weight excluding hydrogens is 352 g/mol. The minimum absolute atomic E-state index is 0.0828. The van der Waals surface area contributed by atoms with Gasteiger partial charge in [0.05, 0.1) is 18.0 Å². The van der Waals surface area contributed by atoms with E-state index in [9.17, 15) is 14.4 Å². The number of ether oxygens (including phenoxy) is 4. The van der Waals surface area contributed by atoms with Crippen molar-refractivity contribution in [1.82, 2.24) is 0 Å². The molecule has 0 saturated carbocycles. The van der Waals surface area contributed by atoms with Crippen molar-refractivity contribution >= 4 is 17.9 Å². The summed E-state index contributed by atoms with van der Waals surface area (Å²) >= 11 is 0. The molecule has 0 radical (unpaired) electrons. The largest absolute Gasteiger partial charge is 0.459 e. The van der Waals surface area contributed by atoms with Crippen molar-refractivity contribution in [2.24, 2.45) is 0 Å². The van der Waals surface area contributed by atoms with Crippen LogP contribution in [0, 0.1) is 0 Å². The first kappa shape index (κ1) is 13.9. The minimum Gasteiger partial charge on any atom is -0.459 e. The summed E-state index contributed by atoms with van der Waals surface area (Å²) in [4.78, 5) is 35.7. The summed E-state index contributed by atoms with van der Waals surface area (Å²) < 4.78 is 59.6. The van der Waals surface area contributed by atoms with Crippen molar-refractivity contribution < 1.29 is 40.2 Å². The first-order valence-electron chi connectivity index (χ1n) is 10.2. The van der Waals surface area contributed by atoms with Crippen LogP contribution in [0.25, 0.3) is 0 Å². The van der Waals surface area contributed by atoms with Crippen LogP contribution in [0.5, 0.6) is 0 Å². The zero-order valence-corrected chi connectivity index (χ0v) is 14.3. The molecule has 0 unspecified atom stereocenters. The lowest BCUT2D eigenvalue weighted by atomic mass is 10.2. The molecule has 27 heavy (non-hydrogen) atoms. The average Bonchev–Trinajstić information content (AvgIpc) is 2.73. The molecule has 0 aliphatic carbocycles. The van der Waals surface area contributed by atoms with Crippen molar-refractivity contribution in [2.75, 3.05) is 19.9 Å². The molecule has 7 nitrogen and oxygen atoms in total. The van der Waals surface area contributed by atoms with Gasteiger partial charge in [-0.3, -0.25) is 4.79 Å². The third-order valence-electron chi connectivity index (χ3n) is 2.96. The van der Waals surface area contributed by atoms with Gasteiger partial charge in [0, 0.05) is 6.92 Å². The summed E-state index contributed by atoms with van der Waals surface area (Å²) in [7, 11) is 0. The van der Waals surface area contributed by atoms with Crippen LogP contribution in [-0.4, -0.2) is 43.9 Å². The highest BCUT2D eigenvalue weighted by molar-refractivity contribution is 5.89. The van der Waals surface area contributed by atoms with E-state index < -0.39 is 43.9 Å². The predicted molar refractivity (Wildman–Crippen MR) is 95.0 cm³/mol. The second-order valence-corrected chi connectivity index (χ2v) is 4.94. The number of esters is 3. The molecule has 0 saturated heterocycles. The van der Waals surface area contributed by atoms with Crippen molar-refractivity contribution in [3.05, 3.63) is 71.8 Å². The minimum atomic E-state index is -3.51. The Hall–Kier alpha value is -3.19. The van der Waals surface area contributed by atoms with E-state index in [0.29, 0.717) is 0 Å². The summed E-state index contributed by atoms with van der Waals surface area (Å²) in [5.41, 5.74) is -0.166. The smallest absolute Gasteiger partial charge is 0.338 e. The van der Waals surface area contributed by atoms with Crippen LogP contribution in [0.3, 0.4) is 0 Å². The lowest BCUT2D eigenvalue weighted by Gasteiger charge is -2.18. The van der Waals surface area contributed by atoms with Crippen molar-refractivity contribution in [2.45, 2.75) is 13.0 Å². The van der Waals surface area contributed by atoms with Gasteiger partial charge in [0.25, 0.3) is 0 Å². The Balaban J connectivity index is 2.35. The lowest BCUT2D eigenvalue weighted by Crippen LogP contribution is -2.29. The third-order valence-corrected chi connectivity index (χ3v) is 2.96. The molecule has 0 atom stereocenters. The van der Waals surface area contributed by atoms with Crippen LogP contribution in [-0.2, 0) is 23.7 Å². The Labute approximate surface area is 163 Å². The standard InChI is InChI=1S/C20H20O7/c1-15(21)26-14-27-18(12-24-19(22)16-8-4-2-5-9-16)13-25-20(23)17-10-6-3-7-11-17/h2-11,18H,12-14H2,1H3/i12D2,13D2,18D. The Morgan fingerprint density at radius 1 is 0.852 bits per heavy atom. The van der Waals surface area contributed by atoms with Crippen LogP contribution in [0.4, 0.5) is 0 Å².